The summed E-state index contributed by atoms with van der Waals surface area (Å²) < 4.78 is 4.24. The van der Waals surface area contributed by atoms with E-state index in [-0.39, 0.29) is 11.9 Å². The van der Waals surface area contributed by atoms with E-state index in [1.807, 2.05) is 37.4 Å². The molecule has 4 aromatic rings. The maximum atomic E-state index is 12.8. The molecule has 6 heteroatoms. The summed E-state index contributed by atoms with van der Waals surface area (Å²) in [4.78, 5) is 17.6. The zero-order chi connectivity index (χ0) is 20.2. The number of aryl methyl sites for hydroxylation is 2. The van der Waals surface area contributed by atoms with Crippen molar-refractivity contribution in [2.45, 2.75) is 25.4 Å². The minimum Gasteiger partial charge on any atom is -0.347 e. The van der Waals surface area contributed by atoms with Crippen LogP contribution in [0.3, 0.4) is 0 Å². The molecule has 5 nitrogen and oxygen atoms in total. The fourth-order valence-electron chi connectivity index (χ4n) is 3.80. The molecule has 0 unspecified atom stereocenters. The molecule has 2 aromatic heterocycles. The van der Waals surface area contributed by atoms with E-state index in [1.165, 1.54) is 5.39 Å². The monoisotopic (exact) mass is 406 g/mol. The van der Waals surface area contributed by atoms with Gasteiger partial charge >= 0.3 is 0 Å². The van der Waals surface area contributed by atoms with Crippen molar-refractivity contribution in [3.63, 3.8) is 0 Å². The molecule has 0 aliphatic rings. The maximum absolute atomic E-state index is 12.8. The van der Waals surface area contributed by atoms with E-state index in [9.17, 15) is 4.79 Å². The van der Waals surface area contributed by atoms with Gasteiger partial charge in [-0.15, -0.1) is 0 Å². The minimum atomic E-state index is -0.0891. The van der Waals surface area contributed by atoms with Crippen LogP contribution in [0.2, 0.25) is 0 Å². The molecule has 0 spiro atoms. The lowest BCUT2D eigenvalue weighted by Crippen LogP contribution is -2.31. The molecule has 2 aromatic carbocycles. The summed E-state index contributed by atoms with van der Waals surface area (Å²) >= 11 is 1.78. The Morgan fingerprint density at radius 1 is 1.10 bits per heavy atom. The summed E-state index contributed by atoms with van der Waals surface area (Å²) in [5, 5.41) is 4.43. The van der Waals surface area contributed by atoms with E-state index in [0.29, 0.717) is 13.0 Å². The lowest BCUT2D eigenvalue weighted by Gasteiger charge is -2.18. The van der Waals surface area contributed by atoms with Gasteiger partial charge in [-0.1, -0.05) is 30.3 Å². The van der Waals surface area contributed by atoms with Crippen molar-refractivity contribution in [3.8, 4) is 0 Å². The van der Waals surface area contributed by atoms with Gasteiger partial charge in [0.1, 0.15) is 5.82 Å². The van der Waals surface area contributed by atoms with Gasteiger partial charge in [-0.2, -0.15) is 11.8 Å². The largest absolute Gasteiger partial charge is 0.347 e. The fraction of sp³-hybridized carbons (Fsp3) is 0.304. The van der Waals surface area contributed by atoms with Crippen molar-refractivity contribution in [2.24, 2.45) is 7.05 Å². The van der Waals surface area contributed by atoms with Gasteiger partial charge in [-0.3, -0.25) is 4.79 Å². The number of hydrogen-bond donors (Lipinski definition) is 1. The molecular weight excluding hydrogens is 380 g/mol. The zero-order valence-electron chi connectivity index (χ0n) is 16.8. The molecule has 0 bridgehead atoms. The third-order valence-corrected chi connectivity index (χ3v) is 5.98. The Balaban J connectivity index is 1.48. The quantitative estimate of drug-likeness (QED) is 0.468. The number of amides is 1. The first kappa shape index (κ1) is 19.6. The smallest absolute Gasteiger partial charge is 0.222 e. The van der Waals surface area contributed by atoms with Crippen LogP contribution in [0.5, 0.6) is 0 Å². The van der Waals surface area contributed by atoms with Gasteiger partial charge in [0, 0.05) is 31.7 Å². The Morgan fingerprint density at radius 3 is 2.66 bits per heavy atom. The number of hydrogen-bond acceptors (Lipinski definition) is 3. The molecule has 4 rings (SSSR count). The number of carbonyl (C=O) groups excluding carboxylic acids is 1. The second-order valence-electron chi connectivity index (χ2n) is 7.24. The molecule has 0 saturated carbocycles. The zero-order valence-corrected chi connectivity index (χ0v) is 17.7. The van der Waals surface area contributed by atoms with Crippen LogP contribution >= 0.6 is 11.8 Å². The first-order valence-corrected chi connectivity index (χ1v) is 11.3. The van der Waals surface area contributed by atoms with Gasteiger partial charge in [0.15, 0.2) is 0 Å². The summed E-state index contributed by atoms with van der Waals surface area (Å²) in [6.07, 6.45) is 5.44. The summed E-state index contributed by atoms with van der Waals surface area (Å²) in [6.45, 7) is 0.664. The highest BCUT2D eigenvalue weighted by atomic mass is 32.2. The topological polar surface area (TPSA) is 51.9 Å². The molecule has 1 N–H and O–H groups in total. The Labute approximate surface area is 175 Å². The third-order valence-electron chi connectivity index (χ3n) is 5.34. The van der Waals surface area contributed by atoms with Crippen LogP contribution in [0.1, 0.15) is 24.7 Å². The fourth-order valence-corrected chi connectivity index (χ4v) is 4.27. The van der Waals surface area contributed by atoms with Gasteiger partial charge in [-0.25, -0.2) is 4.98 Å². The standard InChI is InChI=1S/C23H26N4OS/c1-26-21-10-6-4-8-18(21)25-23(26)19(13-16-29-2)24-22(28)12-15-27-14-11-17-7-3-5-9-20(17)27/h3-11,14,19H,12-13,15-16H2,1-2H3,(H,24,28)/t19-/m0/s1. The highest BCUT2D eigenvalue weighted by Gasteiger charge is 2.20. The van der Waals surface area contributed by atoms with Crippen molar-refractivity contribution >= 4 is 39.6 Å². The number of rotatable bonds is 8. The Bertz CT molecular complexity index is 1130. The van der Waals surface area contributed by atoms with Crippen LogP contribution in [0.25, 0.3) is 21.9 Å². The number of thioether (sulfide) groups is 1. The first-order chi connectivity index (χ1) is 14.2. The molecule has 1 atom stereocenters. The van der Waals surface area contributed by atoms with E-state index in [0.717, 1.165) is 34.5 Å². The van der Waals surface area contributed by atoms with Crippen molar-refractivity contribution in [1.82, 2.24) is 19.4 Å². The number of carbonyl (C=O) groups is 1. The van der Waals surface area contributed by atoms with Crippen LogP contribution in [0.4, 0.5) is 0 Å². The van der Waals surface area contributed by atoms with Gasteiger partial charge < -0.3 is 14.5 Å². The van der Waals surface area contributed by atoms with Crippen molar-refractivity contribution in [2.75, 3.05) is 12.0 Å². The first-order valence-electron chi connectivity index (χ1n) is 9.91. The van der Waals surface area contributed by atoms with Gasteiger partial charge in [0.2, 0.25) is 5.91 Å². The number of fused-ring (bicyclic) bond motifs is 2. The van der Waals surface area contributed by atoms with Crippen LogP contribution in [-0.4, -0.2) is 32.0 Å². The summed E-state index contributed by atoms with van der Waals surface area (Å²) in [5.41, 5.74) is 3.21. The van der Waals surface area contributed by atoms with Crippen molar-refractivity contribution in [1.29, 1.82) is 0 Å². The van der Waals surface area contributed by atoms with Gasteiger partial charge in [-0.05, 0) is 48.1 Å². The van der Waals surface area contributed by atoms with Crippen LogP contribution in [-0.2, 0) is 18.4 Å². The molecule has 2 heterocycles. The van der Waals surface area contributed by atoms with Gasteiger partial charge in [0.05, 0.1) is 17.1 Å². The van der Waals surface area contributed by atoms with E-state index < -0.39 is 0 Å². The second kappa shape index (κ2) is 8.74. The van der Waals surface area contributed by atoms with Crippen LogP contribution < -0.4 is 5.32 Å². The average molecular weight is 407 g/mol. The highest BCUT2D eigenvalue weighted by Crippen LogP contribution is 2.23. The van der Waals surface area contributed by atoms with Crippen molar-refractivity contribution < 1.29 is 4.79 Å². The summed E-state index contributed by atoms with van der Waals surface area (Å²) in [7, 11) is 2.02. The molecule has 0 fully saturated rings. The van der Waals surface area contributed by atoms with Crippen molar-refractivity contribution in [3.05, 3.63) is 66.6 Å². The van der Waals surface area contributed by atoms with E-state index >= 15 is 0 Å². The molecule has 150 valence electrons. The van der Waals surface area contributed by atoms with Crippen LogP contribution in [0.15, 0.2) is 60.8 Å². The molecule has 0 aliphatic carbocycles. The van der Waals surface area contributed by atoms with E-state index in [2.05, 4.69) is 51.2 Å². The molecule has 0 radical (unpaired) electrons. The predicted molar refractivity (Wildman–Crippen MR) is 121 cm³/mol. The van der Waals surface area contributed by atoms with Crippen LogP contribution in [0, 0.1) is 0 Å². The number of para-hydroxylation sites is 3. The predicted octanol–water partition coefficient (Wildman–Crippen LogP) is 4.53. The third kappa shape index (κ3) is 4.17. The minimum absolute atomic E-state index is 0.0564. The number of aromatic nitrogens is 3. The highest BCUT2D eigenvalue weighted by molar-refractivity contribution is 7.98. The summed E-state index contributed by atoms with van der Waals surface area (Å²) in [6, 6.07) is 18.3. The second-order valence-corrected chi connectivity index (χ2v) is 8.22. The van der Waals surface area contributed by atoms with E-state index in [1.54, 1.807) is 11.8 Å². The Kier molecular flexibility index (Phi) is 5.90. The lowest BCUT2D eigenvalue weighted by atomic mass is 10.2. The number of benzene rings is 2. The molecule has 0 aliphatic heterocycles. The van der Waals surface area contributed by atoms with Gasteiger partial charge in [0.25, 0.3) is 0 Å². The lowest BCUT2D eigenvalue weighted by molar-refractivity contribution is -0.122. The maximum Gasteiger partial charge on any atom is 0.222 e. The number of imidazole rings is 1. The Morgan fingerprint density at radius 2 is 1.86 bits per heavy atom. The number of nitrogens with zero attached hydrogens (tertiary/aromatic N) is 3. The average Bonchev–Trinajstić information content (AvgIpc) is 3.31. The molecular formula is C23H26N4OS. The SMILES string of the molecule is CSCC[C@H](NC(=O)CCn1ccc2ccccc21)c1nc2ccccc2n1C. The molecule has 0 saturated heterocycles. The molecule has 29 heavy (non-hydrogen) atoms. The normalized spacial score (nSPS) is 12.5. The number of nitrogens with one attached hydrogen (secondary N) is 1. The van der Waals surface area contributed by atoms with E-state index in [4.69, 9.17) is 4.98 Å². The molecule has 1 amide bonds. The summed E-state index contributed by atoms with van der Waals surface area (Å²) in [5.74, 6) is 1.94. The Hall–Kier alpha value is -2.73.